The number of aryl methyl sites for hydroxylation is 2. The van der Waals surface area contributed by atoms with Crippen molar-refractivity contribution in [1.29, 1.82) is 0 Å². The Morgan fingerprint density at radius 1 is 1.06 bits per heavy atom. The number of hydrogen-bond donors (Lipinski definition) is 2. The van der Waals surface area contributed by atoms with Crippen LogP contribution < -0.4 is 10.6 Å². The minimum atomic E-state index is 0.751. The monoisotopic (exact) mass is 246 g/mol. The van der Waals surface area contributed by atoms with Gasteiger partial charge in [0.05, 0.1) is 0 Å². The van der Waals surface area contributed by atoms with Crippen molar-refractivity contribution in [2.45, 2.75) is 45.6 Å². The maximum atomic E-state index is 3.66. The molecule has 2 nitrogen and oxygen atoms in total. The fourth-order valence-electron chi connectivity index (χ4n) is 2.99. The smallest absolute Gasteiger partial charge is 0.0399 e. The lowest BCUT2D eigenvalue weighted by Gasteiger charge is -2.29. The van der Waals surface area contributed by atoms with Gasteiger partial charge in [-0.25, -0.2) is 0 Å². The van der Waals surface area contributed by atoms with Gasteiger partial charge < -0.3 is 10.6 Å². The number of nitrogens with one attached hydrogen (secondary N) is 2. The minimum Gasteiger partial charge on any atom is -0.384 e. The second-order valence-electron chi connectivity index (χ2n) is 5.65. The lowest BCUT2D eigenvalue weighted by molar-refractivity contribution is 0.312. The van der Waals surface area contributed by atoms with Crippen molar-refractivity contribution in [3.63, 3.8) is 0 Å². The molecule has 1 fully saturated rings. The summed E-state index contributed by atoms with van der Waals surface area (Å²) in [4.78, 5) is 0. The summed E-state index contributed by atoms with van der Waals surface area (Å²) in [6.07, 6.45) is 5.36. The van der Waals surface area contributed by atoms with Crippen LogP contribution in [0.4, 0.5) is 5.69 Å². The summed E-state index contributed by atoms with van der Waals surface area (Å²) < 4.78 is 0. The third-order valence-corrected chi connectivity index (χ3v) is 4.30. The van der Waals surface area contributed by atoms with Gasteiger partial charge in [-0.15, -0.1) is 0 Å². The van der Waals surface area contributed by atoms with Crippen molar-refractivity contribution in [3.8, 4) is 0 Å². The largest absolute Gasteiger partial charge is 0.384 e. The molecule has 0 radical (unpaired) electrons. The van der Waals surface area contributed by atoms with Crippen LogP contribution in [0.1, 0.15) is 36.8 Å². The van der Waals surface area contributed by atoms with Crippen molar-refractivity contribution in [2.75, 3.05) is 18.9 Å². The van der Waals surface area contributed by atoms with Crippen LogP contribution >= 0.6 is 0 Å². The molecule has 100 valence electrons. The van der Waals surface area contributed by atoms with Crippen molar-refractivity contribution in [3.05, 3.63) is 29.3 Å². The zero-order valence-electron chi connectivity index (χ0n) is 11.9. The first-order valence-corrected chi connectivity index (χ1v) is 7.18. The van der Waals surface area contributed by atoms with Crippen molar-refractivity contribution in [1.82, 2.24) is 5.32 Å². The molecular formula is C16H26N2. The number of hydrogen-bond acceptors (Lipinski definition) is 2. The van der Waals surface area contributed by atoms with Crippen LogP contribution in [0.25, 0.3) is 0 Å². The second kappa shape index (κ2) is 6.24. The van der Waals surface area contributed by atoms with Crippen LogP contribution in [0, 0.1) is 19.8 Å². The van der Waals surface area contributed by atoms with E-state index in [-0.39, 0.29) is 0 Å². The van der Waals surface area contributed by atoms with Crippen LogP contribution in [0.5, 0.6) is 0 Å². The van der Waals surface area contributed by atoms with Gasteiger partial charge in [-0.2, -0.15) is 0 Å². The summed E-state index contributed by atoms with van der Waals surface area (Å²) >= 11 is 0. The van der Waals surface area contributed by atoms with E-state index in [4.69, 9.17) is 0 Å². The van der Waals surface area contributed by atoms with Gasteiger partial charge in [0, 0.05) is 18.3 Å². The van der Waals surface area contributed by atoms with Gasteiger partial charge in [0.1, 0.15) is 0 Å². The van der Waals surface area contributed by atoms with E-state index in [1.165, 1.54) is 42.5 Å². The van der Waals surface area contributed by atoms with Gasteiger partial charge in [-0.05, 0) is 63.6 Å². The van der Waals surface area contributed by atoms with Gasteiger partial charge in [0.15, 0.2) is 0 Å². The number of anilines is 1. The zero-order valence-corrected chi connectivity index (χ0v) is 11.9. The SMILES string of the molecule is CNC1CCC(CNc2c(C)cccc2C)CC1. The molecule has 0 spiro atoms. The van der Waals surface area contributed by atoms with E-state index in [0.29, 0.717) is 0 Å². The van der Waals surface area contributed by atoms with Crippen molar-refractivity contribution in [2.24, 2.45) is 5.92 Å². The highest BCUT2D eigenvalue weighted by Crippen LogP contribution is 2.26. The van der Waals surface area contributed by atoms with Crippen LogP contribution in [0.15, 0.2) is 18.2 Å². The molecule has 1 aliphatic rings. The molecule has 0 heterocycles. The first-order valence-electron chi connectivity index (χ1n) is 7.18. The normalized spacial score (nSPS) is 23.9. The van der Waals surface area contributed by atoms with Gasteiger partial charge in [0.2, 0.25) is 0 Å². The lowest BCUT2D eigenvalue weighted by atomic mass is 9.86. The molecule has 2 rings (SSSR count). The van der Waals surface area contributed by atoms with Crippen LogP contribution in [-0.2, 0) is 0 Å². The van der Waals surface area contributed by atoms with Crippen LogP contribution in [0.3, 0.4) is 0 Å². The summed E-state index contributed by atoms with van der Waals surface area (Å²) in [7, 11) is 2.08. The first-order chi connectivity index (χ1) is 8.70. The molecular weight excluding hydrogens is 220 g/mol. The van der Waals surface area contributed by atoms with Crippen LogP contribution in [0.2, 0.25) is 0 Å². The van der Waals surface area contributed by atoms with Gasteiger partial charge in [0.25, 0.3) is 0 Å². The predicted molar refractivity (Wildman–Crippen MR) is 79.2 cm³/mol. The number of para-hydroxylation sites is 1. The van der Waals surface area contributed by atoms with E-state index >= 15 is 0 Å². The van der Waals surface area contributed by atoms with Crippen molar-refractivity contribution >= 4 is 5.69 Å². The zero-order chi connectivity index (χ0) is 13.0. The first kappa shape index (κ1) is 13.4. The standard InChI is InChI=1S/C16H26N2/c1-12-5-4-6-13(2)16(12)18-11-14-7-9-15(17-3)10-8-14/h4-6,14-15,17-18H,7-11H2,1-3H3. The van der Waals surface area contributed by atoms with E-state index in [2.05, 4.69) is 49.7 Å². The maximum Gasteiger partial charge on any atom is 0.0399 e. The topological polar surface area (TPSA) is 24.1 Å². The molecule has 0 bridgehead atoms. The highest BCUT2D eigenvalue weighted by Gasteiger charge is 2.19. The van der Waals surface area contributed by atoms with E-state index in [1.807, 2.05) is 0 Å². The predicted octanol–water partition coefficient (Wildman–Crippen LogP) is 3.49. The Hall–Kier alpha value is -1.02. The molecule has 18 heavy (non-hydrogen) atoms. The van der Waals surface area contributed by atoms with Crippen LogP contribution in [-0.4, -0.2) is 19.6 Å². The summed E-state index contributed by atoms with van der Waals surface area (Å²) in [6.45, 7) is 5.50. The Bertz CT molecular complexity index is 358. The molecule has 2 N–H and O–H groups in total. The van der Waals surface area contributed by atoms with Gasteiger partial charge >= 0.3 is 0 Å². The molecule has 0 amide bonds. The Balaban J connectivity index is 1.85. The molecule has 0 atom stereocenters. The highest BCUT2D eigenvalue weighted by atomic mass is 14.9. The Kier molecular flexibility index (Phi) is 4.65. The number of rotatable bonds is 4. The molecule has 0 aromatic heterocycles. The Morgan fingerprint density at radius 3 is 2.22 bits per heavy atom. The fourth-order valence-corrected chi connectivity index (χ4v) is 2.99. The van der Waals surface area contributed by atoms with E-state index in [0.717, 1.165) is 18.5 Å². The van der Waals surface area contributed by atoms with Gasteiger partial charge in [-0.3, -0.25) is 0 Å². The molecule has 0 unspecified atom stereocenters. The second-order valence-corrected chi connectivity index (χ2v) is 5.65. The summed E-state index contributed by atoms with van der Waals surface area (Å²) in [5, 5.41) is 7.06. The third-order valence-electron chi connectivity index (χ3n) is 4.30. The quantitative estimate of drug-likeness (QED) is 0.849. The summed E-state index contributed by atoms with van der Waals surface area (Å²) in [5.74, 6) is 0.841. The molecule has 1 aliphatic carbocycles. The molecule has 2 heteroatoms. The molecule has 1 saturated carbocycles. The lowest BCUT2D eigenvalue weighted by Crippen LogP contribution is -2.32. The van der Waals surface area contributed by atoms with E-state index in [1.54, 1.807) is 0 Å². The summed E-state index contributed by atoms with van der Waals surface area (Å²) in [6, 6.07) is 7.26. The highest BCUT2D eigenvalue weighted by molar-refractivity contribution is 5.56. The Labute approximate surface area is 111 Å². The summed E-state index contributed by atoms with van der Waals surface area (Å²) in [5.41, 5.74) is 4.06. The van der Waals surface area contributed by atoms with E-state index in [9.17, 15) is 0 Å². The molecule has 0 saturated heterocycles. The van der Waals surface area contributed by atoms with Gasteiger partial charge in [-0.1, -0.05) is 18.2 Å². The average Bonchev–Trinajstić information content (AvgIpc) is 2.39. The average molecular weight is 246 g/mol. The molecule has 0 aliphatic heterocycles. The molecule has 1 aromatic rings. The minimum absolute atomic E-state index is 0.751. The van der Waals surface area contributed by atoms with Crippen molar-refractivity contribution < 1.29 is 0 Å². The fraction of sp³-hybridized carbons (Fsp3) is 0.625. The number of benzene rings is 1. The maximum absolute atomic E-state index is 3.66. The Morgan fingerprint density at radius 2 is 1.67 bits per heavy atom. The third kappa shape index (κ3) is 3.26. The molecule has 1 aromatic carbocycles. The van der Waals surface area contributed by atoms with E-state index < -0.39 is 0 Å².